The van der Waals surface area contributed by atoms with E-state index in [9.17, 15) is 5.11 Å². The van der Waals surface area contributed by atoms with E-state index in [-0.39, 0.29) is 0 Å². The fourth-order valence-corrected chi connectivity index (χ4v) is 5.74. The fourth-order valence-electron chi connectivity index (χ4n) is 3.99. The second-order valence-corrected chi connectivity index (χ2v) is 10.2. The lowest BCUT2D eigenvalue weighted by Gasteiger charge is -2.25. The van der Waals surface area contributed by atoms with Crippen molar-refractivity contribution in [2.75, 3.05) is 13.7 Å². The van der Waals surface area contributed by atoms with Crippen molar-refractivity contribution in [3.63, 3.8) is 0 Å². The number of hydrogen-bond acceptors (Lipinski definition) is 6. The van der Waals surface area contributed by atoms with Crippen LogP contribution in [0.3, 0.4) is 0 Å². The Morgan fingerprint density at radius 1 is 0.938 bits per heavy atom. The molecule has 0 aliphatic carbocycles. The highest BCUT2D eigenvalue weighted by atomic mass is 32.1. The fraction of sp³-hybridized carbons (Fsp3) is 0.308. The van der Waals surface area contributed by atoms with Crippen LogP contribution in [0, 0.1) is 5.92 Å². The Hall–Kier alpha value is -2.38. The first-order chi connectivity index (χ1) is 15.5. The van der Waals surface area contributed by atoms with Crippen molar-refractivity contribution in [3.8, 4) is 5.75 Å². The summed E-state index contributed by atoms with van der Waals surface area (Å²) >= 11 is 3.07. The van der Waals surface area contributed by atoms with Gasteiger partial charge in [-0.25, -0.2) is 0 Å². The van der Waals surface area contributed by atoms with Gasteiger partial charge in [0.05, 0.1) is 13.7 Å². The maximum atomic E-state index is 11.8. The molecule has 0 radical (unpaired) electrons. The van der Waals surface area contributed by atoms with E-state index in [1.807, 2.05) is 65.4 Å². The van der Waals surface area contributed by atoms with Crippen molar-refractivity contribution < 1.29 is 14.3 Å². The molecule has 0 aliphatic heterocycles. The lowest BCUT2D eigenvalue weighted by molar-refractivity contribution is 0.102. The number of furan rings is 1. The molecule has 0 fully saturated rings. The number of hydrogen-bond donors (Lipinski definition) is 1. The van der Waals surface area contributed by atoms with Crippen molar-refractivity contribution in [2.24, 2.45) is 5.92 Å². The molecule has 0 saturated carbocycles. The van der Waals surface area contributed by atoms with E-state index in [4.69, 9.17) is 9.15 Å². The highest BCUT2D eigenvalue weighted by molar-refractivity contribution is 7.11. The maximum Gasteiger partial charge on any atom is 0.191 e. The molecule has 4 rings (SSSR count). The van der Waals surface area contributed by atoms with Gasteiger partial charge in [0.1, 0.15) is 17.3 Å². The first-order valence-electron chi connectivity index (χ1n) is 10.7. The SMILES string of the molecule is COc1ccccc1CN(Cc1ccc(C(O)(c2cccs2)c2cccs2)o1)CC(C)C. The third kappa shape index (κ3) is 4.84. The summed E-state index contributed by atoms with van der Waals surface area (Å²) in [6.45, 7) is 6.78. The van der Waals surface area contributed by atoms with Gasteiger partial charge in [0.15, 0.2) is 5.60 Å². The summed E-state index contributed by atoms with van der Waals surface area (Å²) in [6.07, 6.45) is 0. The predicted octanol–water partition coefficient (Wildman–Crippen LogP) is 6.35. The summed E-state index contributed by atoms with van der Waals surface area (Å²) in [4.78, 5) is 4.07. The van der Waals surface area contributed by atoms with Crippen molar-refractivity contribution in [1.29, 1.82) is 0 Å². The zero-order valence-electron chi connectivity index (χ0n) is 18.7. The van der Waals surface area contributed by atoms with E-state index in [0.717, 1.165) is 39.9 Å². The number of aliphatic hydroxyl groups is 1. The first kappa shape index (κ1) is 22.8. The van der Waals surface area contributed by atoms with E-state index >= 15 is 0 Å². The number of thiophene rings is 2. The summed E-state index contributed by atoms with van der Waals surface area (Å²) in [6, 6.07) is 19.9. The van der Waals surface area contributed by atoms with Crippen LogP contribution in [0.5, 0.6) is 5.75 Å². The lowest BCUT2D eigenvalue weighted by atomic mass is 9.97. The molecule has 0 atom stereocenters. The topological polar surface area (TPSA) is 45.8 Å². The van der Waals surface area contributed by atoms with Crippen LogP contribution >= 0.6 is 22.7 Å². The summed E-state index contributed by atoms with van der Waals surface area (Å²) in [5, 5.41) is 15.8. The maximum absolute atomic E-state index is 11.8. The molecule has 168 valence electrons. The first-order valence-corrected chi connectivity index (χ1v) is 12.5. The van der Waals surface area contributed by atoms with Gasteiger partial charge in [-0.1, -0.05) is 44.2 Å². The Morgan fingerprint density at radius 3 is 2.22 bits per heavy atom. The van der Waals surface area contributed by atoms with E-state index in [2.05, 4.69) is 24.8 Å². The summed E-state index contributed by atoms with van der Waals surface area (Å²) < 4.78 is 11.8. The predicted molar refractivity (Wildman–Crippen MR) is 131 cm³/mol. The van der Waals surface area contributed by atoms with Crippen molar-refractivity contribution in [3.05, 3.63) is 98.3 Å². The van der Waals surface area contributed by atoms with Crippen LogP contribution in [0.2, 0.25) is 0 Å². The smallest absolute Gasteiger partial charge is 0.191 e. The molecule has 32 heavy (non-hydrogen) atoms. The van der Waals surface area contributed by atoms with Crippen LogP contribution in [-0.2, 0) is 18.7 Å². The molecule has 6 heteroatoms. The Balaban J connectivity index is 1.61. The molecular weight excluding hydrogens is 438 g/mol. The summed E-state index contributed by atoms with van der Waals surface area (Å²) in [7, 11) is 1.71. The van der Waals surface area contributed by atoms with Crippen molar-refractivity contribution in [1.82, 2.24) is 4.90 Å². The molecule has 4 aromatic rings. The molecule has 0 unspecified atom stereocenters. The second kappa shape index (κ2) is 10.0. The van der Waals surface area contributed by atoms with Gasteiger partial charge in [-0.2, -0.15) is 0 Å². The van der Waals surface area contributed by atoms with E-state index in [0.29, 0.717) is 18.2 Å². The number of benzene rings is 1. The highest BCUT2D eigenvalue weighted by Crippen LogP contribution is 2.41. The number of ether oxygens (including phenoxy) is 1. The molecule has 4 nitrogen and oxygen atoms in total. The van der Waals surface area contributed by atoms with Crippen LogP contribution in [0.4, 0.5) is 0 Å². The number of para-hydroxylation sites is 1. The van der Waals surface area contributed by atoms with Crippen LogP contribution in [0.25, 0.3) is 0 Å². The van der Waals surface area contributed by atoms with Gasteiger partial charge in [0, 0.05) is 28.4 Å². The normalized spacial score (nSPS) is 12.1. The summed E-state index contributed by atoms with van der Waals surface area (Å²) in [5.41, 5.74) is -0.123. The lowest BCUT2D eigenvalue weighted by Crippen LogP contribution is -2.27. The van der Waals surface area contributed by atoms with Gasteiger partial charge in [-0.15, -0.1) is 22.7 Å². The quantitative estimate of drug-likeness (QED) is 0.295. The molecule has 0 saturated heterocycles. The van der Waals surface area contributed by atoms with Crippen LogP contribution in [-0.4, -0.2) is 23.7 Å². The van der Waals surface area contributed by atoms with Gasteiger partial charge in [-0.05, 0) is 47.0 Å². The Labute approximate surface area is 197 Å². The van der Waals surface area contributed by atoms with Crippen LogP contribution < -0.4 is 4.74 Å². The Bertz CT molecular complexity index is 1070. The average Bonchev–Trinajstić information content (AvgIpc) is 3.56. The van der Waals surface area contributed by atoms with Gasteiger partial charge >= 0.3 is 0 Å². The van der Waals surface area contributed by atoms with Crippen LogP contribution in [0.1, 0.15) is 40.7 Å². The number of methoxy groups -OCH3 is 1. The molecule has 0 aliphatic rings. The molecule has 3 aromatic heterocycles. The summed E-state index contributed by atoms with van der Waals surface area (Å²) in [5.74, 6) is 2.79. The average molecular weight is 468 g/mol. The third-order valence-electron chi connectivity index (χ3n) is 5.36. The largest absolute Gasteiger partial charge is 0.496 e. The van der Waals surface area contributed by atoms with Gasteiger partial charge in [0.2, 0.25) is 0 Å². The minimum atomic E-state index is -1.27. The Morgan fingerprint density at radius 2 is 1.62 bits per heavy atom. The molecule has 1 N–H and O–H groups in total. The third-order valence-corrected chi connectivity index (χ3v) is 7.32. The number of rotatable bonds is 10. The van der Waals surface area contributed by atoms with Crippen molar-refractivity contribution >= 4 is 22.7 Å². The van der Waals surface area contributed by atoms with Crippen molar-refractivity contribution in [2.45, 2.75) is 32.5 Å². The molecule has 3 heterocycles. The van der Waals surface area contributed by atoms with Gasteiger partial charge in [-0.3, -0.25) is 4.90 Å². The molecule has 1 aromatic carbocycles. The van der Waals surface area contributed by atoms with Gasteiger partial charge in [0.25, 0.3) is 0 Å². The zero-order valence-corrected chi connectivity index (χ0v) is 20.3. The zero-order chi connectivity index (χ0) is 22.6. The van der Waals surface area contributed by atoms with Gasteiger partial charge < -0.3 is 14.3 Å². The molecule has 0 amide bonds. The molecule has 0 spiro atoms. The number of nitrogens with zero attached hydrogens (tertiary/aromatic N) is 1. The highest BCUT2D eigenvalue weighted by Gasteiger charge is 2.39. The minimum absolute atomic E-state index is 0.508. The molecular formula is C26H29NO3S2. The standard InChI is InChI=1S/C26H29NO3S2/c1-19(2)16-27(17-20-8-4-5-9-22(20)29-3)18-21-12-13-23(30-21)26(28,24-10-6-14-31-24)25-11-7-15-32-25/h4-15,19,28H,16-18H2,1-3H3. The van der Waals surface area contributed by atoms with E-state index in [1.54, 1.807) is 7.11 Å². The van der Waals surface area contributed by atoms with Crippen LogP contribution in [0.15, 0.2) is 75.8 Å². The van der Waals surface area contributed by atoms with E-state index in [1.165, 1.54) is 22.7 Å². The Kier molecular flexibility index (Phi) is 7.16. The molecule has 0 bridgehead atoms. The minimum Gasteiger partial charge on any atom is -0.496 e. The second-order valence-electron chi connectivity index (χ2n) is 8.31. The van der Waals surface area contributed by atoms with E-state index < -0.39 is 5.60 Å². The monoisotopic (exact) mass is 467 g/mol.